The van der Waals surface area contributed by atoms with E-state index in [1.165, 1.54) is 13.3 Å². The number of anilines is 1. The Kier molecular flexibility index (Phi) is 6.02. The summed E-state index contributed by atoms with van der Waals surface area (Å²) in [7, 11) is -3.93. The van der Waals surface area contributed by atoms with Crippen LogP contribution < -0.4 is 15.4 Å². The summed E-state index contributed by atoms with van der Waals surface area (Å²) in [6.07, 6.45) is 5.18. The zero-order valence-corrected chi connectivity index (χ0v) is 14.3. The van der Waals surface area contributed by atoms with Gasteiger partial charge in [-0.3, -0.25) is 9.59 Å². The highest BCUT2D eigenvalue weighted by Gasteiger charge is 2.22. The predicted molar refractivity (Wildman–Crippen MR) is 84.4 cm³/mol. The lowest BCUT2D eigenvalue weighted by molar-refractivity contribution is -0.120. The van der Waals surface area contributed by atoms with E-state index in [0.29, 0.717) is 0 Å². The predicted octanol–water partition coefficient (Wildman–Crippen LogP) is 0.224. The summed E-state index contributed by atoms with van der Waals surface area (Å²) in [5.74, 6) is -0.739. The molecule has 0 atom stereocenters. The van der Waals surface area contributed by atoms with Crippen molar-refractivity contribution in [3.05, 3.63) is 0 Å². The zero-order chi connectivity index (χ0) is 16.9. The highest BCUT2D eigenvalue weighted by molar-refractivity contribution is 7.91. The molecule has 0 radical (unpaired) electrons. The van der Waals surface area contributed by atoms with Crippen LogP contribution in [0.2, 0.25) is 0 Å². The van der Waals surface area contributed by atoms with Crippen LogP contribution >= 0.6 is 11.3 Å². The number of rotatable bonds is 6. The van der Waals surface area contributed by atoms with Gasteiger partial charge in [0.2, 0.25) is 21.3 Å². The van der Waals surface area contributed by atoms with E-state index in [-0.39, 0.29) is 33.9 Å². The number of nitrogens with zero attached hydrogens (tertiary/aromatic N) is 2. The minimum Gasteiger partial charge on any atom is -0.352 e. The largest absolute Gasteiger partial charge is 0.352 e. The molecule has 0 saturated heterocycles. The van der Waals surface area contributed by atoms with Crippen LogP contribution in [0, 0.1) is 0 Å². The number of hydrogen-bond acceptors (Lipinski definition) is 7. The SMILES string of the molecule is CC(=O)Nc1nnc(S(=O)(=O)NCC(=O)NC2CCCCC2)s1. The molecule has 3 N–H and O–H groups in total. The van der Waals surface area contributed by atoms with Gasteiger partial charge in [0, 0.05) is 13.0 Å². The number of sulfonamides is 1. The molecule has 0 aliphatic heterocycles. The van der Waals surface area contributed by atoms with Gasteiger partial charge in [-0.1, -0.05) is 30.6 Å². The van der Waals surface area contributed by atoms with Gasteiger partial charge in [-0.15, -0.1) is 10.2 Å². The van der Waals surface area contributed by atoms with Crippen LogP contribution in [0.5, 0.6) is 0 Å². The Labute approximate surface area is 138 Å². The van der Waals surface area contributed by atoms with Crippen molar-refractivity contribution in [3.8, 4) is 0 Å². The van der Waals surface area contributed by atoms with Crippen LogP contribution in [-0.4, -0.2) is 43.0 Å². The lowest BCUT2D eigenvalue weighted by Gasteiger charge is -2.22. The Bertz CT molecular complexity index is 667. The molecule has 9 nitrogen and oxygen atoms in total. The van der Waals surface area contributed by atoms with Crippen LogP contribution in [0.1, 0.15) is 39.0 Å². The van der Waals surface area contributed by atoms with Gasteiger partial charge in [-0.05, 0) is 12.8 Å². The van der Waals surface area contributed by atoms with Crippen molar-refractivity contribution >= 4 is 38.3 Å². The fourth-order valence-corrected chi connectivity index (χ4v) is 4.24. The van der Waals surface area contributed by atoms with Gasteiger partial charge in [0.15, 0.2) is 0 Å². The van der Waals surface area contributed by atoms with E-state index in [1.807, 2.05) is 0 Å². The molecule has 0 aromatic carbocycles. The van der Waals surface area contributed by atoms with Crippen molar-refractivity contribution in [1.29, 1.82) is 0 Å². The molecule has 11 heteroatoms. The first kappa shape index (κ1) is 17.8. The van der Waals surface area contributed by atoms with Gasteiger partial charge in [-0.2, -0.15) is 4.72 Å². The Hall–Kier alpha value is -1.59. The molecule has 128 valence electrons. The fourth-order valence-electron chi connectivity index (χ4n) is 2.27. The molecule has 2 amide bonds. The van der Waals surface area contributed by atoms with Gasteiger partial charge in [0.1, 0.15) is 0 Å². The van der Waals surface area contributed by atoms with Gasteiger partial charge in [0.25, 0.3) is 10.0 Å². The Morgan fingerprint density at radius 1 is 1.22 bits per heavy atom. The zero-order valence-electron chi connectivity index (χ0n) is 12.7. The van der Waals surface area contributed by atoms with Crippen molar-refractivity contribution in [2.75, 3.05) is 11.9 Å². The normalized spacial score (nSPS) is 16.0. The van der Waals surface area contributed by atoms with Gasteiger partial charge in [-0.25, -0.2) is 8.42 Å². The second-order valence-corrected chi connectivity index (χ2v) is 8.20. The van der Waals surface area contributed by atoms with E-state index >= 15 is 0 Å². The maximum atomic E-state index is 12.0. The number of hydrogen-bond donors (Lipinski definition) is 3. The first-order valence-corrected chi connectivity index (χ1v) is 9.57. The Morgan fingerprint density at radius 3 is 2.57 bits per heavy atom. The molecular weight excluding hydrogens is 342 g/mol. The third-order valence-electron chi connectivity index (χ3n) is 3.31. The second kappa shape index (κ2) is 7.79. The lowest BCUT2D eigenvalue weighted by atomic mass is 9.95. The molecule has 0 bridgehead atoms. The van der Waals surface area contributed by atoms with E-state index in [1.54, 1.807) is 0 Å². The first-order valence-electron chi connectivity index (χ1n) is 7.27. The van der Waals surface area contributed by atoms with Gasteiger partial charge in [0.05, 0.1) is 6.54 Å². The fraction of sp³-hybridized carbons (Fsp3) is 0.667. The van der Waals surface area contributed by atoms with Crippen molar-refractivity contribution in [2.24, 2.45) is 0 Å². The van der Waals surface area contributed by atoms with Crippen molar-refractivity contribution in [1.82, 2.24) is 20.2 Å². The van der Waals surface area contributed by atoms with E-state index < -0.39 is 10.0 Å². The third-order valence-corrected chi connectivity index (χ3v) is 5.92. The highest BCUT2D eigenvalue weighted by atomic mass is 32.2. The summed E-state index contributed by atoms with van der Waals surface area (Å²) >= 11 is 0.719. The van der Waals surface area contributed by atoms with E-state index in [9.17, 15) is 18.0 Å². The summed E-state index contributed by atoms with van der Waals surface area (Å²) < 4.78 is 26.0. The molecule has 1 aromatic heterocycles. The summed E-state index contributed by atoms with van der Waals surface area (Å²) in [6, 6.07) is 0.119. The molecule has 0 spiro atoms. The van der Waals surface area contributed by atoms with Crippen molar-refractivity contribution < 1.29 is 18.0 Å². The van der Waals surface area contributed by atoms with Crippen LogP contribution in [0.15, 0.2) is 4.34 Å². The summed E-state index contributed by atoms with van der Waals surface area (Å²) in [5.41, 5.74) is 0. The standard InChI is InChI=1S/C12H19N5O4S2/c1-8(18)14-11-16-17-12(22-11)23(20,21)13-7-10(19)15-9-5-3-2-4-6-9/h9,13H,2-7H2,1H3,(H,15,19)(H,14,16,18). The minimum atomic E-state index is -3.93. The van der Waals surface area contributed by atoms with E-state index in [0.717, 1.165) is 37.0 Å². The summed E-state index contributed by atoms with van der Waals surface area (Å²) in [5, 5.41) is 12.3. The van der Waals surface area contributed by atoms with Crippen molar-refractivity contribution in [3.63, 3.8) is 0 Å². The molecule has 23 heavy (non-hydrogen) atoms. The van der Waals surface area contributed by atoms with Crippen LogP contribution in [0.3, 0.4) is 0 Å². The van der Waals surface area contributed by atoms with E-state index in [2.05, 4.69) is 25.6 Å². The number of carbonyl (C=O) groups excluding carboxylic acids is 2. The molecule has 1 fully saturated rings. The minimum absolute atomic E-state index is 0.0875. The smallest absolute Gasteiger partial charge is 0.270 e. The quantitative estimate of drug-likeness (QED) is 0.622. The maximum absolute atomic E-state index is 12.0. The molecule has 0 unspecified atom stereocenters. The average molecular weight is 361 g/mol. The Morgan fingerprint density at radius 2 is 1.91 bits per heavy atom. The number of carbonyl (C=O) groups is 2. The summed E-state index contributed by atoms with van der Waals surface area (Å²) in [4.78, 5) is 22.7. The number of nitrogens with one attached hydrogen (secondary N) is 3. The molecule has 1 aliphatic rings. The average Bonchev–Trinajstić information content (AvgIpc) is 2.95. The first-order chi connectivity index (χ1) is 10.9. The molecule has 1 saturated carbocycles. The topological polar surface area (TPSA) is 130 Å². The van der Waals surface area contributed by atoms with Crippen LogP contribution in [-0.2, 0) is 19.6 Å². The van der Waals surface area contributed by atoms with Gasteiger partial charge < -0.3 is 10.6 Å². The van der Waals surface area contributed by atoms with Crippen LogP contribution in [0.4, 0.5) is 5.13 Å². The molecule has 1 aromatic rings. The monoisotopic (exact) mass is 361 g/mol. The third kappa shape index (κ3) is 5.52. The Balaban J connectivity index is 1.86. The summed E-state index contributed by atoms with van der Waals surface area (Å²) in [6.45, 7) is 0.928. The van der Waals surface area contributed by atoms with Crippen molar-refractivity contribution in [2.45, 2.75) is 49.4 Å². The highest BCUT2D eigenvalue weighted by Crippen LogP contribution is 2.19. The second-order valence-electron chi connectivity index (χ2n) is 5.28. The van der Waals surface area contributed by atoms with Crippen LogP contribution in [0.25, 0.3) is 0 Å². The molecule has 1 heterocycles. The molecular formula is C12H19N5O4S2. The molecule has 2 rings (SSSR count). The van der Waals surface area contributed by atoms with E-state index in [4.69, 9.17) is 0 Å². The van der Waals surface area contributed by atoms with Gasteiger partial charge >= 0.3 is 0 Å². The maximum Gasteiger partial charge on any atom is 0.270 e. The molecule has 1 aliphatic carbocycles. The number of amides is 2. The number of aromatic nitrogens is 2. The lowest BCUT2D eigenvalue weighted by Crippen LogP contribution is -2.42.